The summed E-state index contributed by atoms with van der Waals surface area (Å²) >= 11 is 6.07. The molecule has 2 aromatic heterocycles. The van der Waals surface area contributed by atoms with Crippen LogP contribution in [-0.4, -0.2) is 15.5 Å². The number of pyridine rings is 1. The van der Waals surface area contributed by atoms with Gasteiger partial charge in [-0.1, -0.05) is 41.9 Å². The van der Waals surface area contributed by atoms with Gasteiger partial charge in [0.05, 0.1) is 5.56 Å². The molecule has 4 rings (SSSR count). The SMILES string of the molecule is Cc1c(C(=O)c2oc3ccc(Cl)cc3c2C)c(O)n(CCc2ccccc2)c(=O)c1C#N. The molecule has 32 heavy (non-hydrogen) atoms. The molecule has 0 amide bonds. The first-order valence-electron chi connectivity index (χ1n) is 9.97. The van der Waals surface area contributed by atoms with Crippen LogP contribution in [0.3, 0.4) is 0 Å². The van der Waals surface area contributed by atoms with Gasteiger partial charge in [-0.2, -0.15) is 5.26 Å². The van der Waals surface area contributed by atoms with Crippen LogP contribution in [0.15, 0.2) is 57.7 Å². The van der Waals surface area contributed by atoms with Crippen molar-refractivity contribution >= 4 is 28.4 Å². The molecule has 2 aromatic carbocycles. The normalized spacial score (nSPS) is 10.9. The summed E-state index contributed by atoms with van der Waals surface area (Å²) in [5.41, 5.74) is 1.17. The third kappa shape index (κ3) is 3.57. The highest BCUT2D eigenvalue weighted by Crippen LogP contribution is 2.32. The van der Waals surface area contributed by atoms with Crippen LogP contribution in [0.1, 0.15) is 38.4 Å². The van der Waals surface area contributed by atoms with E-state index in [1.807, 2.05) is 36.4 Å². The van der Waals surface area contributed by atoms with Crippen LogP contribution in [0.25, 0.3) is 11.0 Å². The molecule has 0 spiro atoms. The van der Waals surface area contributed by atoms with Gasteiger partial charge in [-0.05, 0) is 49.6 Å². The molecule has 0 saturated heterocycles. The Morgan fingerprint density at radius 3 is 2.56 bits per heavy atom. The number of nitrogens with zero attached hydrogens (tertiary/aromatic N) is 2. The van der Waals surface area contributed by atoms with E-state index in [1.165, 1.54) is 6.92 Å². The fourth-order valence-corrected chi connectivity index (χ4v) is 4.01. The number of aromatic nitrogens is 1. The van der Waals surface area contributed by atoms with Crippen molar-refractivity contribution in [3.05, 3.63) is 97.5 Å². The van der Waals surface area contributed by atoms with E-state index in [2.05, 4.69) is 0 Å². The number of furan rings is 1. The number of fused-ring (bicyclic) bond motifs is 1. The lowest BCUT2D eigenvalue weighted by Crippen LogP contribution is -2.27. The lowest BCUT2D eigenvalue weighted by atomic mass is 9.98. The van der Waals surface area contributed by atoms with Crippen molar-refractivity contribution in [3.8, 4) is 11.9 Å². The first kappa shape index (κ1) is 21.4. The molecule has 7 heteroatoms. The van der Waals surface area contributed by atoms with E-state index >= 15 is 0 Å². The van der Waals surface area contributed by atoms with Gasteiger partial charge in [0.1, 0.15) is 17.2 Å². The minimum Gasteiger partial charge on any atom is -0.494 e. The number of halogens is 1. The van der Waals surface area contributed by atoms with E-state index < -0.39 is 17.2 Å². The summed E-state index contributed by atoms with van der Waals surface area (Å²) in [4.78, 5) is 26.3. The van der Waals surface area contributed by atoms with Gasteiger partial charge in [-0.25, -0.2) is 0 Å². The highest BCUT2D eigenvalue weighted by atomic mass is 35.5. The van der Waals surface area contributed by atoms with Crippen molar-refractivity contribution in [2.75, 3.05) is 0 Å². The number of carbonyl (C=O) groups is 1. The van der Waals surface area contributed by atoms with Gasteiger partial charge in [0.2, 0.25) is 11.7 Å². The van der Waals surface area contributed by atoms with Crippen molar-refractivity contribution in [2.45, 2.75) is 26.8 Å². The molecule has 0 aliphatic rings. The van der Waals surface area contributed by atoms with Crippen molar-refractivity contribution in [1.29, 1.82) is 5.26 Å². The van der Waals surface area contributed by atoms with E-state index in [-0.39, 0.29) is 29.0 Å². The molecule has 2 heterocycles. The Labute approximate surface area is 188 Å². The molecular formula is C25H19ClN2O4. The number of ketones is 1. The van der Waals surface area contributed by atoms with Gasteiger partial charge in [-0.15, -0.1) is 0 Å². The Morgan fingerprint density at radius 1 is 1.16 bits per heavy atom. The van der Waals surface area contributed by atoms with Crippen LogP contribution >= 0.6 is 11.6 Å². The number of benzene rings is 2. The van der Waals surface area contributed by atoms with Crippen LogP contribution in [0.2, 0.25) is 5.02 Å². The third-order valence-corrected chi connectivity index (χ3v) is 5.83. The largest absolute Gasteiger partial charge is 0.494 e. The monoisotopic (exact) mass is 446 g/mol. The van der Waals surface area contributed by atoms with Crippen molar-refractivity contribution in [1.82, 2.24) is 4.57 Å². The van der Waals surface area contributed by atoms with Gasteiger partial charge >= 0.3 is 0 Å². The number of aromatic hydroxyl groups is 1. The first-order valence-corrected chi connectivity index (χ1v) is 10.3. The summed E-state index contributed by atoms with van der Waals surface area (Å²) in [6, 6.07) is 16.3. The lowest BCUT2D eigenvalue weighted by Gasteiger charge is -2.15. The minimum atomic E-state index is -0.636. The predicted octanol–water partition coefficient (Wildman–Crippen LogP) is 4.92. The average molecular weight is 447 g/mol. The Hall–Kier alpha value is -3.82. The van der Waals surface area contributed by atoms with Crippen LogP contribution in [0, 0.1) is 25.2 Å². The first-order chi connectivity index (χ1) is 15.3. The maximum Gasteiger partial charge on any atom is 0.271 e. The molecule has 6 nitrogen and oxygen atoms in total. The van der Waals surface area contributed by atoms with Gasteiger partial charge in [0.25, 0.3) is 5.56 Å². The fourth-order valence-electron chi connectivity index (χ4n) is 3.84. The standard InChI is InChI=1S/C25H19ClN2O4/c1-14-19(13-27)24(30)28(11-10-16-6-4-3-5-7-16)25(31)21(14)22(29)23-15(2)18-12-17(26)8-9-20(18)32-23/h3-9,12,31H,10-11H2,1-2H3. The van der Waals surface area contributed by atoms with E-state index in [9.17, 15) is 20.0 Å². The summed E-state index contributed by atoms with van der Waals surface area (Å²) in [6.45, 7) is 3.31. The van der Waals surface area contributed by atoms with Gasteiger partial charge in [0.15, 0.2) is 5.76 Å². The molecule has 0 aliphatic carbocycles. The van der Waals surface area contributed by atoms with E-state index in [4.69, 9.17) is 16.0 Å². The molecule has 0 atom stereocenters. The minimum absolute atomic E-state index is 0.0258. The van der Waals surface area contributed by atoms with Crippen LogP contribution in [0.4, 0.5) is 0 Å². The number of aryl methyl sites for hydroxylation is 2. The predicted molar refractivity (Wildman–Crippen MR) is 121 cm³/mol. The van der Waals surface area contributed by atoms with Crippen LogP contribution in [-0.2, 0) is 13.0 Å². The second kappa shape index (κ2) is 8.37. The Morgan fingerprint density at radius 2 is 1.88 bits per heavy atom. The molecule has 4 aromatic rings. The van der Waals surface area contributed by atoms with Crippen molar-refractivity contribution in [2.24, 2.45) is 0 Å². The number of carbonyl (C=O) groups excluding carboxylic acids is 1. The average Bonchev–Trinajstić information content (AvgIpc) is 3.10. The Bertz CT molecular complexity index is 1460. The molecular weight excluding hydrogens is 428 g/mol. The summed E-state index contributed by atoms with van der Waals surface area (Å²) in [7, 11) is 0. The van der Waals surface area contributed by atoms with E-state index in [1.54, 1.807) is 25.1 Å². The number of nitriles is 1. The zero-order chi connectivity index (χ0) is 23.0. The highest BCUT2D eigenvalue weighted by Gasteiger charge is 2.28. The Balaban J connectivity index is 1.85. The molecule has 0 saturated carbocycles. The van der Waals surface area contributed by atoms with Crippen LogP contribution in [0.5, 0.6) is 5.88 Å². The topological polar surface area (TPSA) is 96.2 Å². The second-order valence-corrected chi connectivity index (χ2v) is 7.97. The number of hydrogen-bond acceptors (Lipinski definition) is 5. The highest BCUT2D eigenvalue weighted by molar-refractivity contribution is 6.31. The third-order valence-electron chi connectivity index (χ3n) is 5.60. The zero-order valence-corrected chi connectivity index (χ0v) is 18.2. The Kier molecular flexibility index (Phi) is 5.60. The summed E-state index contributed by atoms with van der Waals surface area (Å²) in [6.07, 6.45) is 0.442. The zero-order valence-electron chi connectivity index (χ0n) is 17.5. The maximum atomic E-state index is 13.5. The van der Waals surface area contributed by atoms with Gasteiger partial charge < -0.3 is 9.52 Å². The van der Waals surface area contributed by atoms with Gasteiger partial charge in [0, 0.05) is 22.5 Å². The smallest absolute Gasteiger partial charge is 0.271 e. The second-order valence-electron chi connectivity index (χ2n) is 7.53. The summed E-state index contributed by atoms with van der Waals surface area (Å²) in [5, 5.41) is 21.7. The summed E-state index contributed by atoms with van der Waals surface area (Å²) < 4.78 is 6.83. The molecule has 0 bridgehead atoms. The number of hydrogen-bond donors (Lipinski definition) is 1. The molecule has 1 N–H and O–H groups in total. The quantitative estimate of drug-likeness (QED) is 0.439. The van der Waals surface area contributed by atoms with Gasteiger partial charge in [-0.3, -0.25) is 14.2 Å². The molecule has 160 valence electrons. The molecule has 0 radical (unpaired) electrons. The maximum absolute atomic E-state index is 13.5. The fraction of sp³-hybridized carbons (Fsp3) is 0.160. The van der Waals surface area contributed by atoms with Crippen molar-refractivity contribution in [3.63, 3.8) is 0 Å². The van der Waals surface area contributed by atoms with E-state index in [0.717, 1.165) is 10.1 Å². The number of rotatable bonds is 5. The molecule has 0 aliphatic heterocycles. The van der Waals surface area contributed by atoms with Crippen LogP contribution < -0.4 is 5.56 Å². The lowest BCUT2D eigenvalue weighted by molar-refractivity contribution is 0.101. The van der Waals surface area contributed by atoms with E-state index in [0.29, 0.717) is 28.0 Å². The van der Waals surface area contributed by atoms with Crippen molar-refractivity contribution < 1.29 is 14.3 Å². The molecule has 0 unspecified atom stereocenters. The molecule has 0 fully saturated rings. The summed E-state index contributed by atoms with van der Waals surface area (Å²) in [5.74, 6) is -1.06.